The molecule has 0 aliphatic carbocycles. The van der Waals surface area contributed by atoms with E-state index in [1.807, 2.05) is 20.1 Å². The average molecular weight is 290 g/mol. The summed E-state index contributed by atoms with van der Waals surface area (Å²) in [6.45, 7) is 5.88. The largest absolute Gasteiger partial charge is 0.466 e. The molecule has 0 amide bonds. The second-order valence-corrected chi connectivity index (χ2v) is 6.08. The number of thioether (sulfide) groups is 2. The van der Waals surface area contributed by atoms with Gasteiger partial charge in [-0.2, -0.15) is 11.8 Å². The first-order chi connectivity index (χ1) is 8.49. The third-order valence-electron chi connectivity index (χ3n) is 2.10. The number of nitrogens with zero attached hydrogens (tertiary/aromatic N) is 2. The lowest BCUT2D eigenvalue weighted by Crippen LogP contribution is -2.29. The standard InChI is InChI=1S/C11H18N2O3S2/c1-5-15-9(14)11(2,3)7-18-10-13-12-8(16-10)6-17-4/h5-7H2,1-4H3. The van der Waals surface area contributed by atoms with E-state index in [1.165, 1.54) is 11.8 Å². The highest BCUT2D eigenvalue weighted by Gasteiger charge is 2.30. The van der Waals surface area contributed by atoms with Gasteiger partial charge in [0.1, 0.15) is 0 Å². The molecule has 0 atom stereocenters. The van der Waals surface area contributed by atoms with Gasteiger partial charge in [-0.05, 0) is 27.0 Å². The monoisotopic (exact) mass is 290 g/mol. The number of hydrogen-bond acceptors (Lipinski definition) is 7. The Labute approximate surface area is 115 Å². The molecule has 0 bridgehead atoms. The zero-order valence-electron chi connectivity index (χ0n) is 11.1. The van der Waals surface area contributed by atoms with Crippen LogP contribution in [-0.4, -0.2) is 34.8 Å². The van der Waals surface area contributed by atoms with Gasteiger partial charge in [0.15, 0.2) is 0 Å². The Kier molecular flexibility index (Phi) is 6.01. The number of ether oxygens (including phenoxy) is 1. The Morgan fingerprint density at radius 3 is 2.78 bits per heavy atom. The summed E-state index contributed by atoms with van der Waals surface area (Å²) in [4.78, 5) is 11.7. The third-order valence-corrected chi connectivity index (χ3v) is 3.91. The Hall–Kier alpha value is -0.690. The van der Waals surface area contributed by atoms with Crippen molar-refractivity contribution in [3.8, 4) is 0 Å². The number of carbonyl (C=O) groups is 1. The van der Waals surface area contributed by atoms with E-state index >= 15 is 0 Å². The van der Waals surface area contributed by atoms with Gasteiger partial charge in [0.25, 0.3) is 5.22 Å². The molecule has 0 N–H and O–H groups in total. The number of rotatable bonds is 7. The Morgan fingerprint density at radius 2 is 2.17 bits per heavy atom. The van der Waals surface area contributed by atoms with Gasteiger partial charge in [0.2, 0.25) is 5.89 Å². The SMILES string of the molecule is CCOC(=O)C(C)(C)CSc1nnc(CSC)o1. The molecule has 0 unspecified atom stereocenters. The highest BCUT2D eigenvalue weighted by molar-refractivity contribution is 7.99. The van der Waals surface area contributed by atoms with Gasteiger partial charge < -0.3 is 9.15 Å². The van der Waals surface area contributed by atoms with Crippen LogP contribution < -0.4 is 0 Å². The van der Waals surface area contributed by atoms with Gasteiger partial charge >= 0.3 is 5.97 Å². The molecule has 1 rings (SSSR count). The Morgan fingerprint density at radius 1 is 1.44 bits per heavy atom. The maximum atomic E-state index is 11.7. The highest BCUT2D eigenvalue weighted by Crippen LogP contribution is 2.28. The fraction of sp³-hybridized carbons (Fsp3) is 0.727. The van der Waals surface area contributed by atoms with Gasteiger partial charge in [0, 0.05) is 5.75 Å². The van der Waals surface area contributed by atoms with Gasteiger partial charge in [-0.1, -0.05) is 11.8 Å². The van der Waals surface area contributed by atoms with Crippen molar-refractivity contribution in [1.82, 2.24) is 10.2 Å². The number of carbonyl (C=O) groups excluding carboxylic acids is 1. The van der Waals surface area contributed by atoms with Crippen LogP contribution in [0.15, 0.2) is 9.64 Å². The lowest BCUT2D eigenvalue weighted by Gasteiger charge is -2.20. The normalized spacial score (nSPS) is 11.6. The molecule has 1 aromatic heterocycles. The van der Waals surface area contributed by atoms with Crippen LogP contribution >= 0.6 is 23.5 Å². The first-order valence-electron chi connectivity index (χ1n) is 5.61. The summed E-state index contributed by atoms with van der Waals surface area (Å²) in [6.07, 6.45) is 1.97. The number of esters is 1. The smallest absolute Gasteiger partial charge is 0.312 e. The lowest BCUT2D eigenvalue weighted by molar-refractivity contribution is -0.152. The summed E-state index contributed by atoms with van der Waals surface area (Å²) < 4.78 is 10.4. The molecule has 5 nitrogen and oxygen atoms in total. The van der Waals surface area contributed by atoms with Crippen molar-refractivity contribution in [2.75, 3.05) is 18.6 Å². The first-order valence-corrected chi connectivity index (χ1v) is 7.99. The molecule has 0 aromatic carbocycles. The summed E-state index contributed by atoms with van der Waals surface area (Å²) in [7, 11) is 0. The molecule has 0 aliphatic rings. The third kappa shape index (κ3) is 4.53. The molecule has 1 heterocycles. The van der Waals surface area contributed by atoms with Crippen molar-refractivity contribution in [3.05, 3.63) is 5.89 Å². The quantitative estimate of drug-likeness (QED) is 0.565. The minimum Gasteiger partial charge on any atom is -0.466 e. The molecule has 7 heteroatoms. The zero-order valence-corrected chi connectivity index (χ0v) is 12.7. The molecule has 0 saturated carbocycles. The van der Waals surface area contributed by atoms with E-state index in [0.29, 0.717) is 29.2 Å². The lowest BCUT2D eigenvalue weighted by atomic mass is 9.97. The van der Waals surface area contributed by atoms with Crippen LogP contribution in [0.3, 0.4) is 0 Å². The fourth-order valence-electron chi connectivity index (χ4n) is 1.11. The minimum absolute atomic E-state index is 0.207. The molecule has 18 heavy (non-hydrogen) atoms. The van der Waals surface area contributed by atoms with Gasteiger partial charge in [-0.3, -0.25) is 4.79 Å². The Bertz CT molecular complexity index is 393. The molecule has 1 aromatic rings. The summed E-state index contributed by atoms with van der Waals surface area (Å²) in [5.74, 6) is 1.65. The predicted molar refractivity (Wildman–Crippen MR) is 72.7 cm³/mol. The molecule has 0 saturated heterocycles. The second-order valence-electron chi connectivity index (χ2n) is 4.29. The van der Waals surface area contributed by atoms with Crippen LogP contribution in [0.5, 0.6) is 0 Å². The number of aromatic nitrogens is 2. The van der Waals surface area contributed by atoms with Crippen LogP contribution in [0.25, 0.3) is 0 Å². The summed E-state index contributed by atoms with van der Waals surface area (Å²) in [5.41, 5.74) is -0.561. The molecule has 0 aliphatic heterocycles. The van der Waals surface area contributed by atoms with Crippen LogP contribution in [0, 0.1) is 5.41 Å². The highest BCUT2D eigenvalue weighted by atomic mass is 32.2. The van der Waals surface area contributed by atoms with E-state index < -0.39 is 5.41 Å². The van der Waals surface area contributed by atoms with E-state index in [1.54, 1.807) is 18.7 Å². The van der Waals surface area contributed by atoms with Gasteiger partial charge in [-0.25, -0.2) is 0 Å². The Balaban J connectivity index is 2.50. The zero-order chi connectivity index (χ0) is 13.6. The van der Waals surface area contributed by atoms with Crippen LogP contribution in [0.2, 0.25) is 0 Å². The van der Waals surface area contributed by atoms with Gasteiger partial charge in [0.05, 0.1) is 17.8 Å². The van der Waals surface area contributed by atoms with Crippen molar-refractivity contribution in [2.45, 2.75) is 31.7 Å². The van der Waals surface area contributed by atoms with Crippen molar-refractivity contribution >= 4 is 29.5 Å². The van der Waals surface area contributed by atoms with Crippen LogP contribution in [-0.2, 0) is 15.3 Å². The summed E-state index contributed by atoms with van der Waals surface area (Å²) in [6, 6.07) is 0. The van der Waals surface area contributed by atoms with Crippen molar-refractivity contribution < 1.29 is 13.9 Å². The van der Waals surface area contributed by atoms with Crippen molar-refractivity contribution in [2.24, 2.45) is 5.41 Å². The minimum atomic E-state index is -0.561. The summed E-state index contributed by atoms with van der Waals surface area (Å²) >= 11 is 3.00. The van der Waals surface area contributed by atoms with Crippen LogP contribution in [0.1, 0.15) is 26.7 Å². The van der Waals surface area contributed by atoms with E-state index in [-0.39, 0.29) is 5.97 Å². The van der Waals surface area contributed by atoms with E-state index in [4.69, 9.17) is 9.15 Å². The second kappa shape index (κ2) is 7.04. The summed E-state index contributed by atoms with van der Waals surface area (Å²) in [5, 5.41) is 8.33. The maximum Gasteiger partial charge on any atom is 0.312 e. The molecule has 0 fully saturated rings. The molecule has 102 valence electrons. The van der Waals surface area contributed by atoms with Crippen molar-refractivity contribution in [1.29, 1.82) is 0 Å². The first kappa shape index (κ1) is 15.4. The van der Waals surface area contributed by atoms with Crippen molar-refractivity contribution in [3.63, 3.8) is 0 Å². The van der Waals surface area contributed by atoms with Gasteiger partial charge in [-0.15, -0.1) is 10.2 Å². The number of hydrogen-bond donors (Lipinski definition) is 0. The molecule has 0 spiro atoms. The van der Waals surface area contributed by atoms with E-state index in [0.717, 1.165) is 0 Å². The fourth-order valence-corrected chi connectivity index (χ4v) is 2.33. The van der Waals surface area contributed by atoms with Crippen LogP contribution in [0.4, 0.5) is 0 Å². The van der Waals surface area contributed by atoms with E-state index in [9.17, 15) is 4.79 Å². The average Bonchev–Trinajstić information content (AvgIpc) is 2.75. The molecular formula is C11H18N2O3S2. The molecular weight excluding hydrogens is 272 g/mol. The van der Waals surface area contributed by atoms with E-state index in [2.05, 4.69) is 10.2 Å². The predicted octanol–water partition coefficient (Wildman–Crippen LogP) is 2.61. The maximum absolute atomic E-state index is 11.7. The molecule has 0 radical (unpaired) electrons. The topological polar surface area (TPSA) is 65.2 Å².